The highest BCUT2D eigenvalue weighted by atomic mass is 127. The molecule has 5 nitrogen and oxygen atoms in total. The first-order valence-corrected chi connectivity index (χ1v) is 14.3. The zero-order valence-corrected chi connectivity index (χ0v) is 24.4. The van der Waals surface area contributed by atoms with Crippen molar-refractivity contribution in [3.05, 3.63) is 103 Å². The van der Waals surface area contributed by atoms with E-state index >= 15 is 0 Å². The first-order chi connectivity index (χ1) is 18.0. The number of halogens is 2. The first-order valence-electron chi connectivity index (χ1n) is 11.6. The van der Waals surface area contributed by atoms with Crippen LogP contribution in [0.25, 0.3) is 16.8 Å². The Morgan fingerprint density at radius 3 is 2.65 bits per heavy atom. The Hall–Kier alpha value is -2.82. The van der Waals surface area contributed by atoms with E-state index < -0.39 is 0 Å². The lowest BCUT2D eigenvalue weighted by molar-refractivity contribution is -0.115. The fourth-order valence-corrected chi connectivity index (χ4v) is 5.92. The molecule has 0 bridgehead atoms. The van der Waals surface area contributed by atoms with Gasteiger partial charge in [0.15, 0.2) is 16.7 Å². The molecule has 1 N–H and O–H groups in total. The Morgan fingerprint density at radius 1 is 1.03 bits per heavy atom. The number of aliphatic imine (C=N–C) groups is 1. The second kappa shape index (κ2) is 11.7. The zero-order valence-electron chi connectivity index (χ0n) is 19.8. The van der Waals surface area contributed by atoms with E-state index in [1.807, 2.05) is 67.6 Å². The molecule has 1 fully saturated rings. The summed E-state index contributed by atoms with van der Waals surface area (Å²) < 4.78 is 14.0. The zero-order chi connectivity index (χ0) is 25.8. The number of carbonyl (C=O) groups excluding carboxylic acids is 1. The molecule has 0 saturated carbocycles. The van der Waals surface area contributed by atoms with E-state index in [4.69, 9.17) is 9.47 Å². The van der Waals surface area contributed by atoms with Crippen LogP contribution in [0.2, 0.25) is 0 Å². The second-order valence-electron chi connectivity index (χ2n) is 8.12. The lowest BCUT2D eigenvalue weighted by atomic mass is 10.1. The predicted molar refractivity (Wildman–Crippen MR) is 164 cm³/mol. The van der Waals surface area contributed by atoms with Crippen molar-refractivity contribution in [1.82, 2.24) is 5.32 Å². The number of amides is 1. The van der Waals surface area contributed by atoms with E-state index in [0.717, 1.165) is 24.9 Å². The molecule has 1 saturated heterocycles. The molecule has 1 aliphatic rings. The summed E-state index contributed by atoms with van der Waals surface area (Å²) in [5.74, 6) is 1.16. The van der Waals surface area contributed by atoms with Crippen LogP contribution >= 0.6 is 50.3 Å². The molecule has 0 aliphatic carbocycles. The van der Waals surface area contributed by atoms with Crippen molar-refractivity contribution in [3.8, 4) is 11.5 Å². The summed E-state index contributed by atoms with van der Waals surface area (Å²) in [7, 11) is 0. The molecule has 0 unspecified atom stereocenters. The molecule has 0 radical (unpaired) electrons. The van der Waals surface area contributed by atoms with Gasteiger partial charge in [0.25, 0.3) is 5.91 Å². The van der Waals surface area contributed by atoms with E-state index in [1.54, 1.807) is 0 Å². The van der Waals surface area contributed by atoms with Gasteiger partial charge in [-0.25, -0.2) is 4.99 Å². The topological polar surface area (TPSA) is 59.9 Å². The van der Waals surface area contributed by atoms with Crippen molar-refractivity contribution in [2.45, 2.75) is 13.5 Å². The van der Waals surface area contributed by atoms with Crippen LogP contribution < -0.4 is 14.8 Å². The van der Waals surface area contributed by atoms with Crippen molar-refractivity contribution in [2.75, 3.05) is 6.61 Å². The van der Waals surface area contributed by atoms with Crippen LogP contribution in [0.5, 0.6) is 11.5 Å². The molecule has 1 aliphatic heterocycles. The van der Waals surface area contributed by atoms with E-state index in [2.05, 4.69) is 73.1 Å². The number of nitrogens with one attached hydrogen (secondary N) is 1. The number of hydrogen-bond acceptors (Lipinski definition) is 5. The third kappa shape index (κ3) is 6.02. The van der Waals surface area contributed by atoms with E-state index in [1.165, 1.54) is 22.5 Å². The Labute approximate surface area is 241 Å². The lowest BCUT2D eigenvalue weighted by Crippen LogP contribution is -2.19. The number of amidine groups is 1. The maximum absolute atomic E-state index is 12.6. The third-order valence-electron chi connectivity index (χ3n) is 5.61. The highest BCUT2D eigenvalue weighted by Crippen LogP contribution is 2.37. The Kier molecular flexibility index (Phi) is 8.17. The van der Waals surface area contributed by atoms with Crippen LogP contribution in [-0.4, -0.2) is 17.7 Å². The minimum atomic E-state index is -0.181. The SMILES string of the molecule is CCOc1cc(/C=C2/SC(=Nc3ccccc3Br)NC2=O)cc(I)c1OCc1cccc2ccccc12. The normalized spacial score (nSPS) is 15.4. The van der Waals surface area contributed by atoms with Gasteiger partial charge in [0, 0.05) is 4.47 Å². The fraction of sp³-hybridized carbons (Fsp3) is 0.103. The molecule has 1 amide bonds. The summed E-state index contributed by atoms with van der Waals surface area (Å²) >= 11 is 7.06. The molecule has 4 aromatic carbocycles. The van der Waals surface area contributed by atoms with Gasteiger partial charge in [-0.2, -0.15) is 0 Å². The van der Waals surface area contributed by atoms with Crippen molar-refractivity contribution < 1.29 is 14.3 Å². The van der Waals surface area contributed by atoms with Crippen LogP contribution in [0.1, 0.15) is 18.1 Å². The summed E-state index contributed by atoms with van der Waals surface area (Å²) in [4.78, 5) is 17.8. The smallest absolute Gasteiger partial charge is 0.264 e. The average Bonchev–Trinajstić information content (AvgIpc) is 3.23. The molecule has 0 spiro atoms. The number of rotatable bonds is 7. The molecule has 5 rings (SSSR count). The van der Waals surface area contributed by atoms with Crippen LogP contribution in [-0.2, 0) is 11.4 Å². The minimum Gasteiger partial charge on any atom is -0.490 e. The number of thioether (sulfide) groups is 1. The van der Waals surface area contributed by atoms with Crippen molar-refractivity contribution in [2.24, 2.45) is 4.99 Å². The van der Waals surface area contributed by atoms with E-state index in [0.29, 0.717) is 34.8 Å². The molecular weight excluding hydrogens is 663 g/mol. The summed E-state index contributed by atoms with van der Waals surface area (Å²) in [6.45, 7) is 2.86. The van der Waals surface area contributed by atoms with Gasteiger partial charge in [-0.1, -0.05) is 54.6 Å². The van der Waals surface area contributed by atoms with Crippen molar-refractivity contribution in [3.63, 3.8) is 0 Å². The Balaban J connectivity index is 1.39. The number of hydrogen-bond donors (Lipinski definition) is 1. The summed E-state index contributed by atoms with van der Waals surface area (Å²) in [6, 6.07) is 26.0. The van der Waals surface area contributed by atoms with E-state index in [-0.39, 0.29) is 5.91 Å². The van der Waals surface area contributed by atoms with Crippen LogP contribution in [0.3, 0.4) is 0 Å². The number of para-hydroxylation sites is 1. The van der Waals surface area contributed by atoms with Gasteiger partial charge in [0.2, 0.25) is 0 Å². The van der Waals surface area contributed by atoms with E-state index in [9.17, 15) is 4.79 Å². The number of ether oxygens (including phenoxy) is 2. The predicted octanol–water partition coefficient (Wildman–Crippen LogP) is 8.08. The summed E-state index contributed by atoms with van der Waals surface area (Å²) in [5, 5.41) is 5.74. The van der Waals surface area contributed by atoms with Gasteiger partial charge in [-0.3, -0.25) is 4.79 Å². The Morgan fingerprint density at radius 2 is 1.81 bits per heavy atom. The van der Waals surface area contributed by atoms with Gasteiger partial charge in [0.05, 0.1) is 20.8 Å². The van der Waals surface area contributed by atoms with Crippen LogP contribution in [0.4, 0.5) is 5.69 Å². The number of carbonyl (C=O) groups is 1. The molecule has 1 heterocycles. The molecule has 0 aromatic heterocycles. The molecule has 37 heavy (non-hydrogen) atoms. The van der Waals surface area contributed by atoms with Crippen molar-refractivity contribution in [1.29, 1.82) is 0 Å². The Bertz CT molecular complexity index is 1550. The molecule has 8 heteroatoms. The first kappa shape index (κ1) is 25.8. The quantitative estimate of drug-likeness (QED) is 0.158. The van der Waals surface area contributed by atoms with Gasteiger partial charge in [-0.15, -0.1) is 0 Å². The number of benzene rings is 4. The fourth-order valence-electron chi connectivity index (χ4n) is 3.93. The molecule has 4 aromatic rings. The van der Waals surface area contributed by atoms with Crippen LogP contribution in [0.15, 0.2) is 93.2 Å². The number of fused-ring (bicyclic) bond motifs is 1. The molecular formula is C29H22BrIN2O3S. The monoisotopic (exact) mass is 684 g/mol. The minimum absolute atomic E-state index is 0.181. The molecule has 0 atom stereocenters. The number of nitrogens with zero attached hydrogens (tertiary/aromatic N) is 1. The van der Waals surface area contributed by atoms with Gasteiger partial charge in [-0.05, 0) is 109 Å². The summed E-state index contributed by atoms with van der Waals surface area (Å²) in [5.41, 5.74) is 2.72. The maximum Gasteiger partial charge on any atom is 0.264 e. The van der Waals surface area contributed by atoms with Crippen LogP contribution in [0, 0.1) is 3.57 Å². The maximum atomic E-state index is 12.6. The highest BCUT2D eigenvalue weighted by Gasteiger charge is 2.24. The van der Waals surface area contributed by atoms with Gasteiger partial charge in [0.1, 0.15) is 6.61 Å². The highest BCUT2D eigenvalue weighted by molar-refractivity contribution is 14.1. The summed E-state index contributed by atoms with van der Waals surface area (Å²) in [6.07, 6.45) is 1.85. The molecule has 186 valence electrons. The van der Waals surface area contributed by atoms with Gasteiger partial charge >= 0.3 is 0 Å². The third-order valence-corrected chi connectivity index (χ3v) is 7.99. The largest absolute Gasteiger partial charge is 0.490 e. The second-order valence-corrected chi connectivity index (χ2v) is 11.2. The van der Waals surface area contributed by atoms with Crippen molar-refractivity contribution >= 4 is 83.9 Å². The lowest BCUT2D eigenvalue weighted by Gasteiger charge is -2.16. The van der Waals surface area contributed by atoms with Gasteiger partial charge < -0.3 is 14.8 Å². The average molecular weight is 685 g/mol. The standard InChI is InChI=1S/C29H22BrIN2O3S/c1-2-35-25-15-18(16-26-28(34)33-29(37-26)32-24-13-6-5-12-22(24)30)14-23(31)27(25)36-17-20-10-7-9-19-8-3-4-11-21(19)20/h3-16H,2,17H2,1H3,(H,32,33,34)/b26-16+.